The molecule has 2 atom stereocenters. The monoisotopic (exact) mass is 431 g/mol. The smallest absolute Gasteiger partial charge is 0.223 e. The molecule has 1 heterocycles. The van der Waals surface area contributed by atoms with Crippen molar-refractivity contribution >= 4 is 5.91 Å². The van der Waals surface area contributed by atoms with Gasteiger partial charge in [-0.15, -0.1) is 0 Å². The maximum absolute atomic E-state index is 13.3. The number of hydrogen-bond acceptors (Lipinski definition) is 2. The molecule has 1 amide bonds. The zero-order valence-corrected chi connectivity index (χ0v) is 18.5. The molecule has 0 unspecified atom stereocenters. The number of halogens is 1. The molecule has 3 nitrogen and oxygen atoms in total. The molecule has 166 valence electrons. The Labute approximate surface area is 189 Å². The summed E-state index contributed by atoms with van der Waals surface area (Å²) in [5, 5.41) is 9.42. The SMILES string of the molecule is C[C@H](c1ccc(-c2ccc(F)cc2)cc1)N1CC[C@](CCCO)(c2ccccc2)CC1=O. The Hall–Kier alpha value is -2.98. The van der Waals surface area contributed by atoms with Gasteiger partial charge in [0.05, 0.1) is 6.04 Å². The average Bonchev–Trinajstić information content (AvgIpc) is 2.83. The van der Waals surface area contributed by atoms with Crippen LogP contribution in [0.25, 0.3) is 11.1 Å². The minimum Gasteiger partial charge on any atom is -0.396 e. The number of hydrogen-bond donors (Lipinski definition) is 1. The summed E-state index contributed by atoms with van der Waals surface area (Å²) in [7, 11) is 0. The number of rotatable bonds is 7. The molecule has 0 bridgehead atoms. The minimum absolute atomic E-state index is 0.0172. The standard InChI is InChI=1S/C28H30FNO2/c1-21(22-8-10-23(11-9-22)24-12-14-26(29)15-13-24)30-18-17-28(16-5-19-31,20-27(30)32)25-6-3-2-4-7-25/h2-4,6-15,21,31H,5,16-20H2,1H3/t21-,28+/m1/s1. The fraction of sp³-hybridized carbons (Fsp3) is 0.321. The lowest BCUT2D eigenvalue weighted by atomic mass is 9.69. The second kappa shape index (κ2) is 9.66. The van der Waals surface area contributed by atoms with Gasteiger partial charge in [-0.2, -0.15) is 0 Å². The predicted molar refractivity (Wildman–Crippen MR) is 126 cm³/mol. The lowest BCUT2D eigenvalue weighted by Crippen LogP contribution is -2.47. The van der Waals surface area contributed by atoms with Crippen LogP contribution >= 0.6 is 0 Å². The second-order valence-corrected chi connectivity index (χ2v) is 8.79. The molecular weight excluding hydrogens is 401 g/mol. The highest BCUT2D eigenvalue weighted by Gasteiger charge is 2.41. The third-order valence-corrected chi connectivity index (χ3v) is 6.88. The van der Waals surface area contributed by atoms with Gasteiger partial charge in [0.25, 0.3) is 0 Å². The van der Waals surface area contributed by atoms with Crippen molar-refractivity contribution in [2.24, 2.45) is 0 Å². The van der Waals surface area contributed by atoms with Crippen molar-refractivity contribution < 1.29 is 14.3 Å². The highest BCUT2D eigenvalue weighted by molar-refractivity contribution is 5.79. The van der Waals surface area contributed by atoms with Crippen molar-refractivity contribution in [2.75, 3.05) is 13.2 Å². The van der Waals surface area contributed by atoms with E-state index in [0.29, 0.717) is 19.4 Å². The van der Waals surface area contributed by atoms with E-state index in [1.54, 1.807) is 12.1 Å². The van der Waals surface area contributed by atoms with Crippen molar-refractivity contribution in [3.8, 4) is 11.1 Å². The fourth-order valence-corrected chi connectivity index (χ4v) is 4.94. The molecule has 0 saturated carbocycles. The topological polar surface area (TPSA) is 40.5 Å². The summed E-state index contributed by atoms with van der Waals surface area (Å²) in [6, 6.07) is 24.9. The van der Waals surface area contributed by atoms with Gasteiger partial charge in [-0.3, -0.25) is 4.79 Å². The zero-order valence-electron chi connectivity index (χ0n) is 18.5. The predicted octanol–water partition coefficient (Wildman–Crippen LogP) is 5.89. The van der Waals surface area contributed by atoms with Crippen molar-refractivity contribution in [1.29, 1.82) is 0 Å². The fourth-order valence-electron chi connectivity index (χ4n) is 4.94. The van der Waals surface area contributed by atoms with Crippen LogP contribution in [0, 0.1) is 5.82 Å². The number of nitrogens with zero attached hydrogens (tertiary/aromatic N) is 1. The summed E-state index contributed by atoms with van der Waals surface area (Å²) in [5.41, 5.74) is 4.07. The van der Waals surface area contributed by atoms with Crippen molar-refractivity contribution in [3.05, 3.63) is 95.8 Å². The van der Waals surface area contributed by atoms with Crippen molar-refractivity contribution in [1.82, 2.24) is 4.90 Å². The summed E-state index contributed by atoms with van der Waals surface area (Å²) >= 11 is 0. The van der Waals surface area contributed by atoms with E-state index in [2.05, 4.69) is 31.2 Å². The van der Waals surface area contributed by atoms with Crippen LogP contribution in [0.3, 0.4) is 0 Å². The molecule has 0 aliphatic carbocycles. The summed E-state index contributed by atoms with van der Waals surface area (Å²) in [6.45, 7) is 2.91. The Balaban J connectivity index is 1.50. The van der Waals surface area contributed by atoms with Gasteiger partial charge in [0.1, 0.15) is 5.82 Å². The van der Waals surface area contributed by atoms with Gasteiger partial charge < -0.3 is 10.0 Å². The maximum atomic E-state index is 13.3. The zero-order chi connectivity index (χ0) is 22.6. The third kappa shape index (κ3) is 4.61. The molecule has 0 radical (unpaired) electrons. The maximum Gasteiger partial charge on any atom is 0.223 e. The highest BCUT2D eigenvalue weighted by Crippen LogP contribution is 2.42. The van der Waals surface area contributed by atoms with Gasteiger partial charge >= 0.3 is 0 Å². The Morgan fingerprint density at radius 2 is 1.59 bits per heavy atom. The summed E-state index contributed by atoms with van der Waals surface area (Å²) < 4.78 is 13.2. The van der Waals surface area contributed by atoms with Crippen LogP contribution in [0.4, 0.5) is 4.39 Å². The molecule has 32 heavy (non-hydrogen) atoms. The van der Waals surface area contributed by atoms with E-state index in [0.717, 1.165) is 29.5 Å². The normalized spacial score (nSPS) is 19.7. The van der Waals surface area contributed by atoms with E-state index in [1.807, 2.05) is 35.2 Å². The molecule has 1 aliphatic rings. The van der Waals surface area contributed by atoms with E-state index < -0.39 is 0 Å². The Morgan fingerprint density at radius 1 is 0.969 bits per heavy atom. The molecule has 3 aromatic carbocycles. The highest BCUT2D eigenvalue weighted by atomic mass is 19.1. The number of likely N-dealkylation sites (tertiary alicyclic amines) is 1. The van der Waals surface area contributed by atoms with Crippen LogP contribution in [0.1, 0.15) is 49.8 Å². The van der Waals surface area contributed by atoms with Gasteiger partial charge in [-0.05, 0) is 60.6 Å². The third-order valence-electron chi connectivity index (χ3n) is 6.88. The number of aliphatic hydroxyl groups is 1. The molecule has 4 heteroatoms. The van der Waals surface area contributed by atoms with Crippen molar-refractivity contribution in [3.63, 3.8) is 0 Å². The minimum atomic E-state index is -0.242. The van der Waals surface area contributed by atoms with Gasteiger partial charge in [-0.25, -0.2) is 4.39 Å². The van der Waals surface area contributed by atoms with Crippen LogP contribution in [0.2, 0.25) is 0 Å². The van der Waals surface area contributed by atoms with E-state index in [-0.39, 0.29) is 29.8 Å². The summed E-state index contributed by atoms with van der Waals surface area (Å²) in [4.78, 5) is 15.3. The number of piperidine rings is 1. The molecule has 0 aromatic heterocycles. The largest absolute Gasteiger partial charge is 0.396 e. The molecule has 0 spiro atoms. The van der Waals surface area contributed by atoms with Crippen LogP contribution in [0.15, 0.2) is 78.9 Å². The first kappa shape index (κ1) is 22.2. The molecule has 4 rings (SSSR count). The number of aliphatic hydroxyl groups excluding tert-OH is 1. The summed E-state index contributed by atoms with van der Waals surface area (Å²) in [6.07, 6.45) is 2.87. The van der Waals surface area contributed by atoms with E-state index in [4.69, 9.17) is 0 Å². The van der Waals surface area contributed by atoms with E-state index in [9.17, 15) is 14.3 Å². The lowest BCUT2D eigenvalue weighted by Gasteiger charge is -2.44. The molecule has 1 N–H and O–H groups in total. The molecule has 1 aliphatic heterocycles. The molecule has 3 aromatic rings. The number of carbonyl (C=O) groups excluding carboxylic acids is 1. The van der Waals surface area contributed by atoms with Crippen LogP contribution in [-0.2, 0) is 10.2 Å². The summed E-state index contributed by atoms with van der Waals surface area (Å²) in [5.74, 6) is -0.0821. The first-order valence-corrected chi connectivity index (χ1v) is 11.3. The van der Waals surface area contributed by atoms with Crippen LogP contribution < -0.4 is 0 Å². The first-order chi connectivity index (χ1) is 15.5. The van der Waals surface area contributed by atoms with Crippen LogP contribution in [-0.4, -0.2) is 29.1 Å². The number of amides is 1. The van der Waals surface area contributed by atoms with E-state index in [1.165, 1.54) is 17.7 Å². The molecule has 1 saturated heterocycles. The quantitative estimate of drug-likeness (QED) is 0.507. The average molecular weight is 432 g/mol. The van der Waals surface area contributed by atoms with Crippen molar-refractivity contribution in [2.45, 2.75) is 44.1 Å². The second-order valence-electron chi connectivity index (χ2n) is 8.79. The Kier molecular flexibility index (Phi) is 6.71. The van der Waals surface area contributed by atoms with Gasteiger partial charge in [0, 0.05) is 25.0 Å². The van der Waals surface area contributed by atoms with Gasteiger partial charge in [-0.1, -0.05) is 66.7 Å². The number of carbonyl (C=O) groups is 1. The first-order valence-electron chi connectivity index (χ1n) is 11.3. The van der Waals surface area contributed by atoms with E-state index >= 15 is 0 Å². The lowest BCUT2D eigenvalue weighted by molar-refractivity contribution is -0.138. The Morgan fingerprint density at radius 3 is 2.19 bits per heavy atom. The molecule has 1 fully saturated rings. The van der Waals surface area contributed by atoms with Crippen LogP contribution in [0.5, 0.6) is 0 Å². The van der Waals surface area contributed by atoms with Gasteiger partial charge in [0.2, 0.25) is 5.91 Å². The Bertz CT molecular complexity index is 1030. The van der Waals surface area contributed by atoms with Gasteiger partial charge in [0.15, 0.2) is 0 Å². The molecular formula is C28H30FNO2. The number of benzene rings is 3.